The van der Waals surface area contributed by atoms with E-state index in [4.69, 9.17) is 11.6 Å². The van der Waals surface area contributed by atoms with Gasteiger partial charge in [0.25, 0.3) is 0 Å². The number of nitrogens with zero attached hydrogens (tertiary/aromatic N) is 8. The highest BCUT2D eigenvalue weighted by atomic mass is 35.5. The molecule has 4 rings (SSSR count). The van der Waals surface area contributed by atoms with Gasteiger partial charge in [0, 0.05) is 29.9 Å². The fourth-order valence-electron chi connectivity index (χ4n) is 3.10. The number of aromatic nitrogens is 7. The SMILES string of the molecule is CC(c1nccnc1-n1nccn1)N(C)c1ncnc2c(C(F)(F)F)cc(Cl)cc12. The summed E-state index contributed by atoms with van der Waals surface area (Å²) in [5.41, 5.74) is -0.638. The highest BCUT2D eigenvalue weighted by Gasteiger charge is 2.35. The van der Waals surface area contributed by atoms with Crippen LogP contribution in [0.15, 0.2) is 43.2 Å². The van der Waals surface area contributed by atoms with Gasteiger partial charge in [-0.25, -0.2) is 15.0 Å². The van der Waals surface area contributed by atoms with E-state index in [-0.39, 0.29) is 21.7 Å². The van der Waals surface area contributed by atoms with E-state index >= 15 is 0 Å². The van der Waals surface area contributed by atoms with Crippen LogP contribution in [0.25, 0.3) is 16.7 Å². The average molecular weight is 435 g/mol. The molecule has 0 spiro atoms. The Hall–Kier alpha value is -3.34. The maximum absolute atomic E-state index is 13.5. The van der Waals surface area contributed by atoms with Crippen molar-refractivity contribution in [2.45, 2.75) is 19.1 Å². The van der Waals surface area contributed by atoms with Crippen molar-refractivity contribution in [3.63, 3.8) is 0 Å². The molecular weight excluding hydrogens is 421 g/mol. The summed E-state index contributed by atoms with van der Waals surface area (Å²) >= 11 is 5.98. The molecule has 0 aliphatic carbocycles. The number of anilines is 1. The lowest BCUT2D eigenvalue weighted by Crippen LogP contribution is -2.26. The largest absolute Gasteiger partial charge is 0.418 e. The second kappa shape index (κ2) is 7.48. The quantitative estimate of drug-likeness (QED) is 0.482. The Morgan fingerprint density at radius 3 is 2.40 bits per heavy atom. The van der Waals surface area contributed by atoms with Gasteiger partial charge in [-0.3, -0.25) is 4.98 Å². The van der Waals surface area contributed by atoms with Gasteiger partial charge in [-0.1, -0.05) is 11.6 Å². The second-order valence-electron chi connectivity index (χ2n) is 6.42. The second-order valence-corrected chi connectivity index (χ2v) is 6.85. The molecule has 0 N–H and O–H groups in total. The van der Waals surface area contributed by atoms with Gasteiger partial charge in [-0.2, -0.15) is 23.4 Å². The van der Waals surface area contributed by atoms with E-state index in [9.17, 15) is 13.2 Å². The standard InChI is InChI=1S/C18H14ClF3N8/c1-10(14-17(24-4-3-23-14)30-27-5-6-28-30)29(2)16-12-7-11(19)8-13(18(20,21)22)15(12)25-9-26-16/h3-10H,1-2H3. The normalized spacial score (nSPS) is 12.9. The van der Waals surface area contributed by atoms with Crippen molar-refractivity contribution < 1.29 is 13.2 Å². The van der Waals surface area contributed by atoms with E-state index in [0.29, 0.717) is 11.5 Å². The molecule has 4 aromatic rings. The topological polar surface area (TPSA) is 85.5 Å². The fraction of sp³-hybridized carbons (Fsp3) is 0.222. The minimum Gasteiger partial charge on any atom is -0.351 e. The van der Waals surface area contributed by atoms with Gasteiger partial charge < -0.3 is 4.90 Å². The zero-order valence-electron chi connectivity index (χ0n) is 15.7. The van der Waals surface area contributed by atoms with E-state index < -0.39 is 17.8 Å². The molecule has 0 aliphatic rings. The summed E-state index contributed by atoms with van der Waals surface area (Å²) < 4.78 is 40.5. The van der Waals surface area contributed by atoms with Crippen LogP contribution in [-0.4, -0.2) is 42.0 Å². The molecule has 12 heteroatoms. The van der Waals surface area contributed by atoms with Gasteiger partial charge in [0.05, 0.1) is 29.5 Å². The molecule has 0 saturated carbocycles. The number of halogens is 4. The summed E-state index contributed by atoms with van der Waals surface area (Å²) in [6.45, 7) is 1.82. The van der Waals surface area contributed by atoms with Gasteiger partial charge in [0.2, 0.25) is 0 Å². The summed E-state index contributed by atoms with van der Waals surface area (Å²) in [4.78, 5) is 19.7. The van der Waals surface area contributed by atoms with Crippen molar-refractivity contribution in [2.24, 2.45) is 0 Å². The van der Waals surface area contributed by atoms with Crippen LogP contribution in [0.1, 0.15) is 24.2 Å². The average Bonchev–Trinajstić information content (AvgIpc) is 3.26. The first kappa shape index (κ1) is 20.0. The van der Waals surface area contributed by atoms with Gasteiger partial charge in [-0.05, 0) is 19.1 Å². The molecule has 154 valence electrons. The molecular formula is C18H14ClF3N8. The van der Waals surface area contributed by atoms with E-state index in [1.807, 2.05) is 6.92 Å². The first-order valence-electron chi connectivity index (χ1n) is 8.69. The van der Waals surface area contributed by atoms with Crippen LogP contribution < -0.4 is 4.90 Å². The van der Waals surface area contributed by atoms with E-state index in [1.54, 1.807) is 11.9 Å². The number of hydrogen-bond donors (Lipinski definition) is 0. The van der Waals surface area contributed by atoms with Crippen molar-refractivity contribution >= 4 is 28.3 Å². The highest BCUT2D eigenvalue weighted by Crippen LogP contribution is 2.39. The molecule has 0 radical (unpaired) electrons. The van der Waals surface area contributed by atoms with Crippen LogP contribution in [-0.2, 0) is 6.18 Å². The molecule has 3 heterocycles. The van der Waals surface area contributed by atoms with Crippen LogP contribution in [0, 0.1) is 0 Å². The third-order valence-electron chi connectivity index (χ3n) is 4.61. The Morgan fingerprint density at radius 1 is 1.00 bits per heavy atom. The third-order valence-corrected chi connectivity index (χ3v) is 4.83. The molecule has 1 unspecified atom stereocenters. The lowest BCUT2D eigenvalue weighted by Gasteiger charge is -2.27. The number of rotatable bonds is 4. The zero-order chi connectivity index (χ0) is 21.5. The third kappa shape index (κ3) is 3.52. The van der Waals surface area contributed by atoms with Gasteiger partial charge >= 0.3 is 6.18 Å². The fourth-order valence-corrected chi connectivity index (χ4v) is 3.32. The van der Waals surface area contributed by atoms with Crippen LogP contribution in [0.4, 0.5) is 19.0 Å². The first-order chi connectivity index (χ1) is 14.3. The maximum Gasteiger partial charge on any atom is 0.418 e. The molecule has 0 fully saturated rings. The molecule has 1 aromatic carbocycles. The predicted octanol–water partition coefficient (Wildman–Crippen LogP) is 3.87. The lowest BCUT2D eigenvalue weighted by atomic mass is 10.1. The lowest BCUT2D eigenvalue weighted by molar-refractivity contribution is -0.136. The van der Waals surface area contributed by atoms with Gasteiger partial charge in [0.15, 0.2) is 5.82 Å². The first-order valence-corrected chi connectivity index (χ1v) is 9.07. The van der Waals surface area contributed by atoms with Crippen molar-refractivity contribution in [1.29, 1.82) is 0 Å². The van der Waals surface area contributed by atoms with E-state index in [1.165, 1.54) is 35.7 Å². The smallest absolute Gasteiger partial charge is 0.351 e. The van der Waals surface area contributed by atoms with Crippen molar-refractivity contribution in [1.82, 2.24) is 34.9 Å². The van der Waals surface area contributed by atoms with E-state index in [0.717, 1.165) is 12.4 Å². The summed E-state index contributed by atoms with van der Waals surface area (Å²) in [5, 5.41) is 8.27. The monoisotopic (exact) mass is 434 g/mol. The molecule has 1 atom stereocenters. The summed E-state index contributed by atoms with van der Waals surface area (Å²) in [6.07, 6.45) is 2.52. The van der Waals surface area contributed by atoms with Gasteiger partial charge in [0.1, 0.15) is 17.8 Å². The Labute approximate surface area is 173 Å². The van der Waals surface area contributed by atoms with E-state index in [2.05, 4.69) is 30.1 Å². The van der Waals surface area contributed by atoms with Crippen molar-refractivity contribution in [3.8, 4) is 5.82 Å². The Bertz CT molecular complexity index is 1200. The molecule has 3 aromatic heterocycles. The minimum atomic E-state index is -4.61. The Balaban J connectivity index is 1.84. The molecule has 8 nitrogen and oxygen atoms in total. The van der Waals surface area contributed by atoms with Crippen LogP contribution >= 0.6 is 11.6 Å². The molecule has 30 heavy (non-hydrogen) atoms. The molecule has 0 bridgehead atoms. The zero-order valence-corrected chi connectivity index (χ0v) is 16.5. The van der Waals surface area contributed by atoms with Gasteiger partial charge in [-0.15, -0.1) is 4.80 Å². The molecule has 0 saturated heterocycles. The number of hydrogen-bond acceptors (Lipinski definition) is 7. The summed E-state index contributed by atoms with van der Waals surface area (Å²) in [7, 11) is 1.69. The number of fused-ring (bicyclic) bond motifs is 1. The predicted molar refractivity (Wildman–Crippen MR) is 103 cm³/mol. The van der Waals surface area contributed by atoms with Crippen molar-refractivity contribution in [3.05, 3.63) is 59.5 Å². The maximum atomic E-state index is 13.5. The summed E-state index contributed by atoms with van der Waals surface area (Å²) in [5.74, 6) is 0.666. The Morgan fingerprint density at radius 2 is 1.70 bits per heavy atom. The van der Waals surface area contributed by atoms with Crippen molar-refractivity contribution in [2.75, 3.05) is 11.9 Å². The number of alkyl halides is 3. The Kier molecular flexibility index (Phi) is 4.98. The van der Waals surface area contributed by atoms with Crippen LogP contribution in [0.5, 0.6) is 0 Å². The summed E-state index contributed by atoms with van der Waals surface area (Å²) in [6, 6.07) is 1.83. The van der Waals surface area contributed by atoms with Crippen LogP contribution in [0.2, 0.25) is 5.02 Å². The van der Waals surface area contributed by atoms with Crippen LogP contribution in [0.3, 0.4) is 0 Å². The minimum absolute atomic E-state index is 0.0622. The molecule has 0 aliphatic heterocycles. The number of benzene rings is 1. The highest BCUT2D eigenvalue weighted by molar-refractivity contribution is 6.31. The molecule has 0 amide bonds.